The quantitative estimate of drug-likeness (QED) is 0.868. The van der Waals surface area contributed by atoms with Crippen LogP contribution in [0.3, 0.4) is 0 Å². The molecule has 0 fully saturated rings. The SMILES string of the molecule is CCc1ccc(CNc2cc(C)ccc2Cl)o1. The zero-order valence-electron chi connectivity index (χ0n) is 10.1. The van der Waals surface area contributed by atoms with E-state index in [4.69, 9.17) is 16.0 Å². The van der Waals surface area contributed by atoms with Crippen LogP contribution in [0.25, 0.3) is 0 Å². The minimum Gasteiger partial charge on any atom is -0.464 e. The smallest absolute Gasteiger partial charge is 0.123 e. The van der Waals surface area contributed by atoms with Gasteiger partial charge in [-0.05, 0) is 36.8 Å². The molecular weight excluding hydrogens is 234 g/mol. The van der Waals surface area contributed by atoms with Crippen molar-refractivity contribution in [1.82, 2.24) is 0 Å². The van der Waals surface area contributed by atoms with Crippen molar-refractivity contribution in [2.45, 2.75) is 26.8 Å². The molecule has 2 nitrogen and oxygen atoms in total. The third kappa shape index (κ3) is 3.04. The first-order chi connectivity index (χ1) is 8.19. The second-order valence-corrected chi connectivity index (χ2v) is 4.47. The summed E-state index contributed by atoms with van der Waals surface area (Å²) in [5, 5.41) is 4.02. The molecule has 0 aliphatic heterocycles. The summed E-state index contributed by atoms with van der Waals surface area (Å²) in [7, 11) is 0. The normalized spacial score (nSPS) is 10.5. The molecule has 1 aromatic carbocycles. The van der Waals surface area contributed by atoms with Crippen molar-refractivity contribution in [1.29, 1.82) is 0 Å². The Balaban J connectivity index is 2.04. The van der Waals surface area contributed by atoms with Crippen LogP contribution >= 0.6 is 11.6 Å². The number of furan rings is 1. The van der Waals surface area contributed by atoms with Crippen molar-refractivity contribution >= 4 is 17.3 Å². The molecule has 0 unspecified atom stereocenters. The third-order valence-corrected chi connectivity index (χ3v) is 2.97. The third-order valence-electron chi connectivity index (χ3n) is 2.64. The molecule has 1 aromatic heterocycles. The molecule has 17 heavy (non-hydrogen) atoms. The second-order valence-electron chi connectivity index (χ2n) is 4.06. The van der Waals surface area contributed by atoms with E-state index in [9.17, 15) is 0 Å². The summed E-state index contributed by atoms with van der Waals surface area (Å²) in [6, 6.07) is 9.94. The molecule has 2 rings (SSSR count). The van der Waals surface area contributed by atoms with Crippen molar-refractivity contribution in [3.8, 4) is 0 Å². The minimum atomic E-state index is 0.656. The number of nitrogens with one attached hydrogen (secondary N) is 1. The molecule has 0 spiro atoms. The predicted octanol–water partition coefficient (Wildman–Crippen LogP) is 4.42. The van der Waals surface area contributed by atoms with Gasteiger partial charge < -0.3 is 9.73 Å². The molecule has 0 atom stereocenters. The number of benzene rings is 1. The summed E-state index contributed by atoms with van der Waals surface area (Å²) >= 11 is 6.10. The first-order valence-corrected chi connectivity index (χ1v) is 6.14. The summed E-state index contributed by atoms with van der Waals surface area (Å²) in [6.45, 7) is 4.78. The van der Waals surface area contributed by atoms with Crippen LogP contribution < -0.4 is 5.32 Å². The van der Waals surface area contributed by atoms with Gasteiger partial charge in [0.15, 0.2) is 0 Å². The van der Waals surface area contributed by atoms with Gasteiger partial charge in [0.2, 0.25) is 0 Å². The summed E-state index contributed by atoms with van der Waals surface area (Å²) in [5.74, 6) is 1.94. The molecule has 0 amide bonds. The van der Waals surface area contributed by atoms with E-state index in [2.05, 4.69) is 12.2 Å². The van der Waals surface area contributed by atoms with E-state index in [1.807, 2.05) is 37.3 Å². The van der Waals surface area contributed by atoms with Gasteiger partial charge in [0.1, 0.15) is 11.5 Å². The molecule has 3 heteroatoms. The van der Waals surface area contributed by atoms with E-state index in [0.29, 0.717) is 6.54 Å². The van der Waals surface area contributed by atoms with Crippen LogP contribution in [0.4, 0.5) is 5.69 Å². The Bertz CT molecular complexity index is 505. The van der Waals surface area contributed by atoms with Crippen LogP contribution in [0.2, 0.25) is 5.02 Å². The van der Waals surface area contributed by atoms with Crippen molar-refractivity contribution in [2.75, 3.05) is 5.32 Å². The van der Waals surface area contributed by atoms with Crippen molar-refractivity contribution in [3.05, 3.63) is 52.4 Å². The molecule has 1 N–H and O–H groups in total. The zero-order chi connectivity index (χ0) is 12.3. The lowest BCUT2D eigenvalue weighted by atomic mass is 10.2. The maximum absolute atomic E-state index is 6.10. The van der Waals surface area contributed by atoms with Crippen molar-refractivity contribution in [3.63, 3.8) is 0 Å². The van der Waals surface area contributed by atoms with Crippen LogP contribution in [0.15, 0.2) is 34.7 Å². The molecule has 0 aliphatic carbocycles. The Hall–Kier alpha value is -1.41. The fourth-order valence-electron chi connectivity index (χ4n) is 1.66. The van der Waals surface area contributed by atoms with Gasteiger partial charge in [-0.25, -0.2) is 0 Å². The van der Waals surface area contributed by atoms with Gasteiger partial charge in [-0.3, -0.25) is 0 Å². The summed E-state index contributed by atoms with van der Waals surface area (Å²) < 4.78 is 5.62. The predicted molar refractivity (Wildman–Crippen MR) is 71.6 cm³/mol. The monoisotopic (exact) mass is 249 g/mol. The lowest BCUT2D eigenvalue weighted by Crippen LogP contribution is -1.99. The Morgan fingerprint density at radius 3 is 2.65 bits per heavy atom. The van der Waals surface area contributed by atoms with E-state index in [0.717, 1.165) is 28.7 Å². The number of hydrogen-bond donors (Lipinski definition) is 1. The molecule has 2 aromatic rings. The molecule has 1 heterocycles. The van der Waals surface area contributed by atoms with Gasteiger partial charge in [-0.1, -0.05) is 24.6 Å². The largest absolute Gasteiger partial charge is 0.464 e. The van der Waals surface area contributed by atoms with E-state index < -0.39 is 0 Å². The second kappa shape index (κ2) is 5.28. The zero-order valence-corrected chi connectivity index (χ0v) is 10.8. The van der Waals surface area contributed by atoms with Gasteiger partial charge in [-0.2, -0.15) is 0 Å². The fraction of sp³-hybridized carbons (Fsp3) is 0.286. The Labute approximate surface area is 107 Å². The standard InChI is InChI=1S/C14H16ClNO/c1-3-11-5-6-12(17-11)9-16-14-8-10(2)4-7-13(14)15/h4-8,16H,3,9H2,1-2H3. The molecular formula is C14H16ClNO. The van der Waals surface area contributed by atoms with Crippen molar-refractivity contribution in [2.24, 2.45) is 0 Å². The van der Waals surface area contributed by atoms with Gasteiger partial charge in [-0.15, -0.1) is 0 Å². The van der Waals surface area contributed by atoms with Crippen LogP contribution in [0, 0.1) is 6.92 Å². The summed E-state index contributed by atoms with van der Waals surface area (Å²) in [5.41, 5.74) is 2.13. The number of aryl methyl sites for hydroxylation is 2. The van der Waals surface area contributed by atoms with E-state index >= 15 is 0 Å². The molecule has 0 radical (unpaired) electrons. The van der Waals surface area contributed by atoms with Crippen LogP contribution in [0.1, 0.15) is 24.0 Å². The maximum Gasteiger partial charge on any atom is 0.123 e. The Morgan fingerprint density at radius 1 is 1.18 bits per heavy atom. The van der Waals surface area contributed by atoms with Crippen molar-refractivity contribution < 1.29 is 4.42 Å². The topological polar surface area (TPSA) is 25.2 Å². The first-order valence-electron chi connectivity index (χ1n) is 5.76. The van der Waals surface area contributed by atoms with E-state index in [1.54, 1.807) is 0 Å². The summed E-state index contributed by atoms with van der Waals surface area (Å²) in [6.07, 6.45) is 0.922. The van der Waals surface area contributed by atoms with Crippen LogP contribution in [0.5, 0.6) is 0 Å². The minimum absolute atomic E-state index is 0.656. The molecule has 0 bridgehead atoms. The fourth-order valence-corrected chi connectivity index (χ4v) is 1.85. The lowest BCUT2D eigenvalue weighted by molar-refractivity contribution is 0.476. The van der Waals surface area contributed by atoms with Crippen LogP contribution in [-0.2, 0) is 13.0 Å². The maximum atomic E-state index is 6.10. The molecule has 0 saturated carbocycles. The van der Waals surface area contributed by atoms with E-state index in [-0.39, 0.29) is 0 Å². The first kappa shape index (κ1) is 12.1. The van der Waals surface area contributed by atoms with Gasteiger partial charge in [0.05, 0.1) is 17.3 Å². The lowest BCUT2D eigenvalue weighted by Gasteiger charge is -2.07. The van der Waals surface area contributed by atoms with E-state index in [1.165, 1.54) is 5.56 Å². The average molecular weight is 250 g/mol. The molecule has 90 valence electrons. The van der Waals surface area contributed by atoms with Gasteiger partial charge in [0.25, 0.3) is 0 Å². The average Bonchev–Trinajstić information content (AvgIpc) is 2.78. The highest BCUT2D eigenvalue weighted by Crippen LogP contribution is 2.23. The Morgan fingerprint density at radius 2 is 1.94 bits per heavy atom. The molecule has 0 aliphatic rings. The van der Waals surface area contributed by atoms with Gasteiger partial charge in [0, 0.05) is 6.42 Å². The van der Waals surface area contributed by atoms with Gasteiger partial charge >= 0.3 is 0 Å². The summed E-state index contributed by atoms with van der Waals surface area (Å²) in [4.78, 5) is 0. The number of hydrogen-bond acceptors (Lipinski definition) is 2. The molecule has 0 saturated heterocycles. The highest BCUT2D eigenvalue weighted by molar-refractivity contribution is 6.33. The highest BCUT2D eigenvalue weighted by atomic mass is 35.5. The number of halogens is 1. The van der Waals surface area contributed by atoms with Crippen LogP contribution in [-0.4, -0.2) is 0 Å². The number of anilines is 1. The highest BCUT2D eigenvalue weighted by Gasteiger charge is 2.03. The Kier molecular flexibility index (Phi) is 3.75. The number of rotatable bonds is 4.